The molecule has 7 nitrogen and oxygen atoms in total. The standard InChI is InChI=1S/C13H14ClF3N4O3/c1-5(10(18)22)24-9-3-6(8(15)4-7(9)14)13(11(16)17)20-19-12(23)21(13)2/h3-5,11,20H,1-2H3,(H2,18,22)(H,19,23). The number of hydrogen-bond acceptors (Lipinski definition) is 4. The molecule has 1 saturated heterocycles. The highest BCUT2D eigenvalue weighted by atomic mass is 35.5. The van der Waals surface area contributed by atoms with Gasteiger partial charge in [0.15, 0.2) is 6.10 Å². The van der Waals surface area contributed by atoms with Crippen molar-refractivity contribution in [3.63, 3.8) is 0 Å². The summed E-state index contributed by atoms with van der Waals surface area (Å²) in [6, 6.07) is 0.771. The summed E-state index contributed by atoms with van der Waals surface area (Å²) >= 11 is 5.83. The van der Waals surface area contributed by atoms with E-state index in [2.05, 4.69) is 5.43 Å². The Morgan fingerprint density at radius 1 is 1.46 bits per heavy atom. The molecule has 2 atom stereocenters. The van der Waals surface area contributed by atoms with E-state index >= 15 is 0 Å². The molecular formula is C13H14ClF3N4O3. The number of primary amides is 1. The SMILES string of the molecule is CC(Oc1cc(C2(C(F)F)NNC(=O)N2C)c(F)cc1Cl)C(N)=O. The molecule has 132 valence electrons. The summed E-state index contributed by atoms with van der Waals surface area (Å²) in [4.78, 5) is 23.3. The molecule has 1 fully saturated rings. The highest BCUT2D eigenvalue weighted by Gasteiger charge is 2.54. The molecule has 24 heavy (non-hydrogen) atoms. The molecule has 0 bridgehead atoms. The van der Waals surface area contributed by atoms with Crippen molar-refractivity contribution >= 4 is 23.5 Å². The van der Waals surface area contributed by atoms with Crippen LogP contribution in [0.25, 0.3) is 0 Å². The number of nitrogens with zero attached hydrogens (tertiary/aromatic N) is 1. The highest BCUT2D eigenvalue weighted by molar-refractivity contribution is 6.32. The smallest absolute Gasteiger partial charge is 0.333 e. The molecule has 1 heterocycles. The van der Waals surface area contributed by atoms with Crippen LogP contribution in [0.2, 0.25) is 5.02 Å². The van der Waals surface area contributed by atoms with Gasteiger partial charge in [0.05, 0.1) is 5.02 Å². The van der Waals surface area contributed by atoms with Gasteiger partial charge in [0.25, 0.3) is 12.3 Å². The monoisotopic (exact) mass is 366 g/mol. The van der Waals surface area contributed by atoms with Crippen LogP contribution in [0.3, 0.4) is 0 Å². The first kappa shape index (κ1) is 18.1. The molecule has 1 aliphatic heterocycles. The van der Waals surface area contributed by atoms with Gasteiger partial charge in [0.1, 0.15) is 11.6 Å². The van der Waals surface area contributed by atoms with E-state index in [4.69, 9.17) is 22.1 Å². The minimum atomic E-state index is -3.20. The van der Waals surface area contributed by atoms with E-state index in [1.165, 1.54) is 6.92 Å². The van der Waals surface area contributed by atoms with Gasteiger partial charge in [0.2, 0.25) is 5.66 Å². The molecule has 2 unspecified atom stereocenters. The molecule has 1 aromatic carbocycles. The minimum absolute atomic E-state index is 0.228. The number of nitrogens with one attached hydrogen (secondary N) is 2. The predicted octanol–water partition coefficient (Wildman–Crippen LogP) is 1.31. The van der Waals surface area contributed by atoms with Crippen molar-refractivity contribution in [3.8, 4) is 5.75 Å². The average Bonchev–Trinajstić information content (AvgIpc) is 2.79. The van der Waals surface area contributed by atoms with Crippen LogP contribution in [-0.4, -0.2) is 36.4 Å². The topological polar surface area (TPSA) is 96.7 Å². The molecule has 3 amide bonds. The lowest BCUT2D eigenvalue weighted by atomic mass is 9.98. The Kier molecular flexibility index (Phi) is 4.81. The number of rotatable bonds is 5. The largest absolute Gasteiger partial charge is 0.479 e. The number of urea groups is 1. The molecular weight excluding hydrogens is 353 g/mol. The number of nitrogens with two attached hydrogens (primary N) is 1. The molecule has 0 saturated carbocycles. The molecule has 0 aliphatic carbocycles. The van der Waals surface area contributed by atoms with Crippen LogP contribution in [-0.2, 0) is 10.5 Å². The number of ether oxygens (including phenoxy) is 1. The van der Waals surface area contributed by atoms with Gasteiger partial charge in [-0.3, -0.25) is 15.1 Å². The van der Waals surface area contributed by atoms with E-state index in [1.807, 2.05) is 5.43 Å². The van der Waals surface area contributed by atoms with Gasteiger partial charge in [-0.25, -0.2) is 18.0 Å². The zero-order valence-corrected chi connectivity index (χ0v) is 13.3. The van der Waals surface area contributed by atoms with Gasteiger partial charge in [-0.05, 0) is 19.1 Å². The number of carbonyl (C=O) groups is 2. The van der Waals surface area contributed by atoms with E-state index < -0.39 is 41.5 Å². The van der Waals surface area contributed by atoms with E-state index in [0.717, 1.165) is 19.2 Å². The Labute approximate surface area is 139 Å². The van der Waals surface area contributed by atoms with Crippen molar-refractivity contribution < 1.29 is 27.5 Å². The summed E-state index contributed by atoms with van der Waals surface area (Å²) < 4.78 is 46.9. The zero-order chi connectivity index (χ0) is 18.2. The van der Waals surface area contributed by atoms with Crippen LogP contribution in [0.1, 0.15) is 12.5 Å². The second-order valence-electron chi connectivity index (χ2n) is 5.11. The fourth-order valence-corrected chi connectivity index (χ4v) is 2.40. The van der Waals surface area contributed by atoms with Gasteiger partial charge in [-0.15, -0.1) is 0 Å². The van der Waals surface area contributed by atoms with Gasteiger partial charge < -0.3 is 10.5 Å². The van der Waals surface area contributed by atoms with Crippen molar-refractivity contribution in [2.24, 2.45) is 5.73 Å². The lowest BCUT2D eigenvalue weighted by Gasteiger charge is -2.34. The van der Waals surface area contributed by atoms with E-state index in [1.54, 1.807) is 0 Å². The quantitative estimate of drug-likeness (QED) is 0.732. The number of benzene rings is 1. The van der Waals surface area contributed by atoms with Crippen molar-refractivity contribution in [2.75, 3.05) is 7.05 Å². The van der Waals surface area contributed by atoms with Crippen molar-refractivity contribution in [3.05, 3.63) is 28.5 Å². The summed E-state index contributed by atoms with van der Waals surface area (Å²) in [6.45, 7) is 1.32. The first-order valence-corrected chi connectivity index (χ1v) is 7.03. The van der Waals surface area contributed by atoms with Crippen molar-refractivity contribution in [1.29, 1.82) is 0 Å². The lowest BCUT2D eigenvalue weighted by molar-refractivity contribution is -0.123. The fourth-order valence-electron chi connectivity index (χ4n) is 2.20. The molecule has 11 heteroatoms. The van der Waals surface area contributed by atoms with E-state index in [0.29, 0.717) is 4.90 Å². The van der Waals surface area contributed by atoms with Gasteiger partial charge in [-0.1, -0.05) is 11.6 Å². The predicted molar refractivity (Wildman–Crippen MR) is 77.8 cm³/mol. The Morgan fingerprint density at radius 2 is 2.08 bits per heavy atom. The Bertz CT molecular complexity index is 691. The number of hydrogen-bond donors (Lipinski definition) is 3. The third-order valence-corrected chi connectivity index (χ3v) is 3.94. The summed E-state index contributed by atoms with van der Waals surface area (Å²) in [6.07, 6.45) is -4.32. The average molecular weight is 367 g/mol. The first-order valence-electron chi connectivity index (χ1n) is 6.65. The molecule has 1 aromatic rings. The zero-order valence-electron chi connectivity index (χ0n) is 12.6. The number of alkyl halides is 2. The van der Waals surface area contributed by atoms with Crippen LogP contribution in [0.15, 0.2) is 12.1 Å². The maximum Gasteiger partial charge on any atom is 0.333 e. The number of hydrazine groups is 1. The Morgan fingerprint density at radius 3 is 2.54 bits per heavy atom. The minimum Gasteiger partial charge on any atom is -0.479 e. The molecule has 2 rings (SSSR count). The van der Waals surface area contributed by atoms with Gasteiger partial charge in [-0.2, -0.15) is 5.43 Å². The van der Waals surface area contributed by atoms with Crippen LogP contribution < -0.4 is 21.3 Å². The molecule has 0 spiro atoms. The van der Waals surface area contributed by atoms with Gasteiger partial charge >= 0.3 is 6.03 Å². The fraction of sp³-hybridized carbons (Fsp3) is 0.385. The summed E-state index contributed by atoms with van der Waals surface area (Å²) in [5, 5.41) is -0.242. The van der Waals surface area contributed by atoms with Crippen LogP contribution in [0, 0.1) is 5.82 Å². The number of halogens is 4. The van der Waals surface area contributed by atoms with Crippen LogP contribution in [0.5, 0.6) is 5.75 Å². The van der Waals surface area contributed by atoms with Crippen molar-refractivity contribution in [1.82, 2.24) is 15.8 Å². The summed E-state index contributed by atoms with van der Waals surface area (Å²) in [5.74, 6) is -2.14. The van der Waals surface area contributed by atoms with Crippen molar-refractivity contribution in [2.45, 2.75) is 25.1 Å². The first-order chi connectivity index (χ1) is 11.1. The molecule has 1 aliphatic rings. The van der Waals surface area contributed by atoms with Gasteiger partial charge in [0, 0.05) is 12.6 Å². The second kappa shape index (κ2) is 6.36. The molecule has 0 aromatic heterocycles. The Balaban J connectivity index is 2.56. The number of amides is 3. The maximum atomic E-state index is 14.3. The Hall–Kier alpha value is -2.20. The van der Waals surface area contributed by atoms with Crippen LogP contribution >= 0.6 is 11.6 Å². The van der Waals surface area contributed by atoms with E-state index in [-0.39, 0.29) is 10.8 Å². The third kappa shape index (κ3) is 2.82. The molecule has 4 N–H and O–H groups in total. The molecule has 0 radical (unpaired) electrons. The highest BCUT2D eigenvalue weighted by Crippen LogP contribution is 2.39. The number of carbonyl (C=O) groups excluding carboxylic acids is 2. The van der Waals surface area contributed by atoms with E-state index in [9.17, 15) is 22.8 Å². The normalized spacial score (nSPS) is 21.8. The lowest BCUT2D eigenvalue weighted by Crippen LogP contribution is -2.54. The third-order valence-electron chi connectivity index (χ3n) is 3.65. The second-order valence-corrected chi connectivity index (χ2v) is 5.51. The van der Waals surface area contributed by atoms with Crippen LogP contribution in [0.4, 0.5) is 18.0 Å². The summed E-state index contributed by atoms with van der Waals surface area (Å²) in [5.41, 5.74) is 6.10. The maximum absolute atomic E-state index is 14.3. The summed E-state index contributed by atoms with van der Waals surface area (Å²) in [7, 11) is 1.07.